The van der Waals surface area contributed by atoms with Gasteiger partial charge in [-0.3, -0.25) is 20.2 Å². The van der Waals surface area contributed by atoms with Crippen molar-refractivity contribution < 1.29 is 5.11 Å². The number of aromatic nitrogens is 2. The molecule has 1 aromatic heterocycles. The minimum atomic E-state index is -0.808. The molecule has 0 saturated carbocycles. The molecule has 1 aromatic rings. The van der Waals surface area contributed by atoms with Crippen molar-refractivity contribution in [1.29, 1.82) is 0 Å². The number of aromatic hydroxyl groups is 1. The summed E-state index contributed by atoms with van der Waals surface area (Å²) in [5, 5.41) is 12.5. The maximum atomic E-state index is 11.1. The number of nitrogens with two attached hydrogens (primary N) is 1. The van der Waals surface area contributed by atoms with Gasteiger partial charge in [-0.1, -0.05) is 0 Å². The normalized spacial score (nSPS) is 10.4. The van der Waals surface area contributed by atoms with E-state index >= 15 is 0 Å². The van der Waals surface area contributed by atoms with E-state index in [4.69, 9.17) is 5.73 Å². The molecule has 0 radical (unpaired) electrons. The number of hydrazone groups is 1. The Morgan fingerprint density at radius 1 is 1.53 bits per heavy atom. The van der Waals surface area contributed by atoms with Crippen molar-refractivity contribution in [2.75, 3.05) is 0 Å². The lowest BCUT2D eigenvalue weighted by atomic mass is 10.3. The molecule has 0 spiro atoms. The first kappa shape index (κ1) is 10.9. The fourth-order valence-corrected chi connectivity index (χ4v) is 0.817. The van der Waals surface area contributed by atoms with E-state index in [1.807, 2.05) is 9.97 Å². The predicted octanol–water partition coefficient (Wildman–Crippen LogP) is -2.06. The Bertz CT molecular complexity index is 516. The van der Waals surface area contributed by atoms with Gasteiger partial charge in [0.25, 0.3) is 5.56 Å². The number of nitrogens with zero attached hydrogens (tertiary/aromatic N) is 1. The van der Waals surface area contributed by atoms with Crippen molar-refractivity contribution in [3.8, 4) is 5.88 Å². The first-order valence-electron chi connectivity index (χ1n) is 3.65. The summed E-state index contributed by atoms with van der Waals surface area (Å²) in [5.74, 6) is -0.586. The van der Waals surface area contributed by atoms with Crippen LogP contribution in [-0.4, -0.2) is 26.4 Å². The summed E-state index contributed by atoms with van der Waals surface area (Å²) in [6.45, 7) is 0. The van der Waals surface area contributed by atoms with Gasteiger partial charge in [0.05, 0.1) is 6.21 Å². The highest BCUT2D eigenvalue weighted by Gasteiger charge is 2.04. The van der Waals surface area contributed by atoms with Crippen molar-refractivity contribution in [1.82, 2.24) is 15.4 Å². The average Bonchev–Trinajstić information content (AvgIpc) is 2.08. The Balaban J connectivity index is 3.05. The van der Waals surface area contributed by atoms with E-state index in [0.717, 1.165) is 6.21 Å². The van der Waals surface area contributed by atoms with Gasteiger partial charge < -0.3 is 10.8 Å². The van der Waals surface area contributed by atoms with Crippen LogP contribution in [0.5, 0.6) is 5.88 Å². The molecule has 9 heteroatoms. The van der Waals surface area contributed by atoms with Gasteiger partial charge in [-0.2, -0.15) is 5.10 Å². The molecule has 0 bridgehead atoms. The first-order chi connectivity index (χ1) is 7.00. The highest BCUT2D eigenvalue weighted by Crippen LogP contribution is 2.00. The molecule has 0 aliphatic rings. The van der Waals surface area contributed by atoms with Crippen LogP contribution >= 0.6 is 12.2 Å². The van der Waals surface area contributed by atoms with E-state index < -0.39 is 17.1 Å². The molecule has 1 heterocycles. The molecular weight excluding hydrogens is 222 g/mol. The minimum Gasteiger partial charge on any atom is -0.494 e. The van der Waals surface area contributed by atoms with Crippen LogP contribution in [-0.2, 0) is 0 Å². The number of nitrogens with one attached hydrogen (secondary N) is 3. The molecule has 0 aromatic carbocycles. The van der Waals surface area contributed by atoms with Crippen LogP contribution in [0, 0.1) is 0 Å². The van der Waals surface area contributed by atoms with E-state index in [0.29, 0.717) is 0 Å². The number of rotatable bonds is 2. The quantitative estimate of drug-likeness (QED) is 0.224. The van der Waals surface area contributed by atoms with E-state index in [1.165, 1.54) is 0 Å². The number of hydrogen-bond donors (Lipinski definition) is 5. The molecule has 0 fully saturated rings. The van der Waals surface area contributed by atoms with E-state index in [9.17, 15) is 14.7 Å². The van der Waals surface area contributed by atoms with Crippen LogP contribution in [0.2, 0.25) is 0 Å². The molecule has 0 saturated heterocycles. The average molecular weight is 229 g/mol. The van der Waals surface area contributed by atoms with Gasteiger partial charge in [-0.15, -0.1) is 0 Å². The fraction of sp³-hybridized carbons (Fsp3) is 0. The number of aromatic amines is 2. The van der Waals surface area contributed by atoms with Gasteiger partial charge in [0, 0.05) is 0 Å². The zero-order valence-corrected chi connectivity index (χ0v) is 8.09. The minimum absolute atomic E-state index is 0.0911. The van der Waals surface area contributed by atoms with Gasteiger partial charge in [-0.25, -0.2) is 4.79 Å². The van der Waals surface area contributed by atoms with Crippen LogP contribution in [0.25, 0.3) is 0 Å². The van der Waals surface area contributed by atoms with Gasteiger partial charge in [0.1, 0.15) is 5.56 Å². The molecular formula is C6H7N5O3S. The van der Waals surface area contributed by atoms with Crippen LogP contribution in [0.3, 0.4) is 0 Å². The van der Waals surface area contributed by atoms with Crippen LogP contribution in [0.15, 0.2) is 14.7 Å². The lowest BCUT2D eigenvalue weighted by Gasteiger charge is -1.96. The lowest BCUT2D eigenvalue weighted by molar-refractivity contribution is 0.447. The highest BCUT2D eigenvalue weighted by molar-refractivity contribution is 7.80. The van der Waals surface area contributed by atoms with Crippen LogP contribution < -0.4 is 22.4 Å². The Kier molecular flexibility index (Phi) is 3.18. The standard InChI is InChI=1S/C6H7N5O3S/c7-5(15)11-8-1-2-3(12)9-6(14)10-4(2)13/h1H,(H3,7,11,15)(H3,9,10,12,13,14). The SMILES string of the molecule is NC(=S)NN=Cc1c(O)[nH]c(=O)[nH]c1=O. The third-order valence-electron chi connectivity index (χ3n) is 1.33. The van der Waals surface area contributed by atoms with Crippen LogP contribution in [0.4, 0.5) is 0 Å². The molecule has 15 heavy (non-hydrogen) atoms. The Morgan fingerprint density at radius 2 is 2.20 bits per heavy atom. The molecule has 0 aliphatic heterocycles. The summed E-state index contributed by atoms with van der Waals surface area (Å²) in [6, 6.07) is 0. The fourth-order valence-electron chi connectivity index (χ4n) is 0.764. The van der Waals surface area contributed by atoms with Crippen molar-refractivity contribution in [2.24, 2.45) is 10.8 Å². The molecule has 0 aliphatic carbocycles. The Morgan fingerprint density at radius 3 is 2.73 bits per heavy atom. The Labute approximate surface area is 87.8 Å². The van der Waals surface area contributed by atoms with E-state index in [1.54, 1.807) is 0 Å². The van der Waals surface area contributed by atoms with Gasteiger partial charge in [0.15, 0.2) is 5.11 Å². The van der Waals surface area contributed by atoms with E-state index in [-0.39, 0.29) is 10.7 Å². The van der Waals surface area contributed by atoms with Gasteiger partial charge in [0.2, 0.25) is 5.88 Å². The van der Waals surface area contributed by atoms with Gasteiger partial charge in [-0.05, 0) is 12.2 Å². The van der Waals surface area contributed by atoms with Crippen molar-refractivity contribution in [3.05, 3.63) is 26.4 Å². The molecule has 80 valence electrons. The van der Waals surface area contributed by atoms with Crippen molar-refractivity contribution in [2.45, 2.75) is 0 Å². The summed E-state index contributed by atoms with van der Waals surface area (Å²) in [7, 11) is 0. The highest BCUT2D eigenvalue weighted by atomic mass is 32.1. The first-order valence-corrected chi connectivity index (χ1v) is 4.05. The number of thiocarbonyl (C=S) groups is 1. The second-order valence-electron chi connectivity index (χ2n) is 2.40. The molecule has 8 nitrogen and oxygen atoms in total. The van der Waals surface area contributed by atoms with Crippen molar-refractivity contribution in [3.63, 3.8) is 0 Å². The summed E-state index contributed by atoms with van der Waals surface area (Å²) in [6.07, 6.45) is 0.975. The zero-order valence-electron chi connectivity index (χ0n) is 7.27. The molecule has 0 amide bonds. The summed E-state index contributed by atoms with van der Waals surface area (Å²) in [4.78, 5) is 25.7. The van der Waals surface area contributed by atoms with Gasteiger partial charge >= 0.3 is 5.69 Å². The molecule has 6 N–H and O–H groups in total. The third-order valence-corrected chi connectivity index (χ3v) is 1.42. The number of H-pyrrole nitrogens is 2. The second kappa shape index (κ2) is 4.37. The third kappa shape index (κ3) is 2.91. The zero-order chi connectivity index (χ0) is 11.4. The van der Waals surface area contributed by atoms with E-state index in [2.05, 4.69) is 22.7 Å². The van der Waals surface area contributed by atoms with Crippen molar-refractivity contribution >= 4 is 23.5 Å². The Hall–Kier alpha value is -2.16. The molecule has 1 rings (SSSR count). The smallest absolute Gasteiger partial charge is 0.328 e. The second-order valence-corrected chi connectivity index (χ2v) is 2.84. The summed E-state index contributed by atoms with van der Waals surface area (Å²) >= 11 is 4.44. The maximum absolute atomic E-state index is 11.1. The topological polar surface area (TPSA) is 136 Å². The summed E-state index contributed by atoms with van der Waals surface area (Å²) in [5.41, 5.74) is 5.45. The predicted molar refractivity (Wildman–Crippen MR) is 56.9 cm³/mol. The maximum Gasteiger partial charge on any atom is 0.328 e. The largest absolute Gasteiger partial charge is 0.494 e. The molecule has 0 atom stereocenters. The molecule has 0 unspecified atom stereocenters. The summed E-state index contributed by atoms with van der Waals surface area (Å²) < 4.78 is 0. The lowest BCUT2D eigenvalue weighted by Crippen LogP contribution is -2.27. The number of hydrogen-bond acceptors (Lipinski definition) is 5. The van der Waals surface area contributed by atoms with Crippen LogP contribution in [0.1, 0.15) is 5.56 Å². The monoisotopic (exact) mass is 229 g/mol.